The van der Waals surface area contributed by atoms with Gasteiger partial charge in [0.2, 0.25) is 0 Å². The van der Waals surface area contributed by atoms with Crippen LogP contribution in [0.25, 0.3) is 10.8 Å². The lowest BCUT2D eigenvalue weighted by Gasteiger charge is -2.08. The van der Waals surface area contributed by atoms with Crippen molar-refractivity contribution in [3.05, 3.63) is 71.8 Å². The van der Waals surface area contributed by atoms with Gasteiger partial charge in [0, 0.05) is 11.3 Å². The molecule has 0 aromatic heterocycles. The number of hydrogen-bond acceptors (Lipinski definition) is 4. The van der Waals surface area contributed by atoms with Crippen LogP contribution in [0.3, 0.4) is 0 Å². The first-order valence-electron chi connectivity index (χ1n) is 7.69. The van der Waals surface area contributed by atoms with Crippen LogP contribution in [0.1, 0.15) is 15.9 Å². The summed E-state index contributed by atoms with van der Waals surface area (Å²) in [6.45, 7) is 0. The van der Waals surface area contributed by atoms with Crippen LogP contribution >= 0.6 is 12.2 Å². The van der Waals surface area contributed by atoms with Crippen LogP contribution in [-0.4, -0.2) is 27.5 Å². The number of carbonyl (C=O) groups is 1. The molecule has 0 atom stereocenters. The van der Waals surface area contributed by atoms with Crippen molar-refractivity contribution in [3.63, 3.8) is 0 Å². The summed E-state index contributed by atoms with van der Waals surface area (Å²) in [5.41, 5.74) is 4.09. The standard InChI is InChI=1S/C19H15N3O3S/c23-17-10-7-12-3-1-2-4-15(12)16(17)11-20-22-19(26)21-14-8-5-13(6-9-14)18(24)25/h1-11,23H,(H,24,25)(H2,21,22,26). The first kappa shape index (κ1) is 17.4. The average Bonchev–Trinajstić information content (AvgIpc) is 2.64. The summed E-state index contributed by atoms with van der Waals surface area (Å²) in [6, 6.07) is 17.3. The third kappa shape index (κ3) is 3.96. The first-order valence-corrected chi connectivity index (χ1v) is 8.09. The lowest BCUT2D eigenvalue weighted by Crippen LogP contribution is -2.23. The Kier molecular flexibility index (Phi) is 5.09. The number of nitrogens with one attached hydrogen (secondary N) is 2. The van der Waals surface area contributed by atoms with E-state index in [9.17, 15) is 9.90 Å². The van der Waals surface area contributed by atoms with Crippen molar-refractivity contribution in [1.82, 2.24) is 5.43 Å². The van der Waals surface area contributed by atoms with Gasteiger partial charge in [0.15, 0.2) is 5.11 Å². The van der Waals surface area contributed by atoms with Crippen LogP contribution in [0.5, 0.6) is 5.75 Å². The number of nitrogens with zero attached hydrogens (tertiary/aromatic N) is 1. The molecule has 0 radical (unpaired) electrons. The summed E-state index contributed by atoms with van der Waals surface area (Å²) in [6.07, 6.45) is 1.50. The van der Waals surface area contributed by atoms with Crippen LogP contribution in [0.4, 0.5) is 5.69 Å². The molecule has 26 heavy (non-hydrogen) atoms. The maximum absolute atomic E-state index is 10.8. The third-order valence-corrected chi connectivity index (χ3v) is 3.89. The van der Waals surface area contributed by atoms with E-state index >= 15 is 0 Å². The number of phenols is 1. The molecule has 0 unspecified atom stereocenters. The summed E-state index contributed by atoms with van der Waals surface area (Å²) >= 11 is 5.15. The smallest absolute Gasteiger partial charge is 0.335 e. The molecule has 7 heteroatoms. The zero-order chi connectivity index (χ0) is 18.5. The summed E-state index contributed by atoms with van der Waals surface area (Å²) in [5, 5.41) is 28.0. The molecule has 0 fully saturated rings. The zero-order valence-electron chi connectivity index (χ0n) is 13.5. The highest BCUT2D eigenvalue weighted by molar-refractivity contribution is 7.80. The van der Waals surface area contributed by atoms with Crippen molar-refractivity contribution < 1.29 is 15.0 Å². The van der Waals surface area contributed by atoms with Crippen LogP contribution in [0, 0.1) is 0 Å². The molecule has 3 rings (SSSR count). The Morgan fingerprint density at radius 1 is 1.04 bits per heavy atom. The van der Waals surface area contributed by atoms with Gasteiger partial charge in [-0.2, -0.15) is 5.10 Å². The predicted molar refractivity (Wildman–Crippen MR) is 106 cm³/mol. The van der Waals surface area contributed by atoms with Gasteiger partial charge in [0.25, 0.3) is 0 Å². The molecular weight excluding hydrogens is 350 g/mol. The Morgan fingerprint density at radius 2 is 1.77 bits per heavy atom. The number of thiocarbonyl (C=S) groups is 1. The van der Waals surface area contributed by atoms with Crippen molar-refractivity contribution in [3.8, 4) is 5.75 Å². The molecule has 4 N–H and O–H groups in total. The number of rotatable bonds is 4. The van der Waals surface area contributed by atoms with Crippen molar-refractivity contribution in [2.24, 2.45) is 5.10 Å². The fourth-order valence-corrected chi connectivity index (χ4v) is 2.60. The van der Waals surface area contributed by atoms with Gasteiger partial charge in [-0.25, -0.2) is 4.79 Å². The van der Waals surface area contributed by atoms with E-state index in [1.807, 2.05) is 30.3 Å². The van der Waals surface area contributed by atoms with Crippen LogP contribution in [-0.2, 0) is 0 Å². The average molecular weight is 365 g/mol. The minimum absolute atomic E-state index is 0.123. The SMILES string of the molecule is O=C(O)c1ccc(NC(=S)NN=Cc2c(O)ccc3ccccc23)cc1. The molecule has 6 nitrogen and oxygen atoms in total. The molecule has 0 heterocycles. The molecule has 0 amide bonds. The van der Waals surface area contributed by atoms with Crippen molar-refractivity contribution in [2.45, 2.75) is 0 Å². The number of hydrogen-bond donors (Lipinski definition) is 4. The normalized spacial score (nSPS) is 10.8. The Bertz CT molecular complexity index is 1000. The van der Waals surface area contributed by atoms with Gasteiger partial charge in [-0.05, 0) is 53.3 Å². The minimum Gasteiger partial charge on any atom is -0.507 e. The molecule has 3 aromatic carbocycles. The first-order chi connectivity index (χ1) is 12.5. The van der Waals surface area contributed by atoms with Gasteiger partial charge in [-0.15, -0.1) is 0 Å². The van der Waals surface area contributed by atoms with Crippen molar-refractivity contribution in [1.29, 1.82) is 0 Å². The third-order valence-electron chi connectivity index (χ3n) is 3.70. The molecule has 0 spiro atoms. The summed E-state index contributed by atoms with van der Waals surface area (Å²) < 4.78 is 0. The van der Waals surface area contributed by atoms with Gasteiger partial charge in [0.05, 0.1) is 11.8 Å². The number of carboxylic acid groups (broad SMARTS) is 1. The Labute approximate surface area is 154 Å². The Morgan fingerprint density at radius 3 is 2.50 bits per heavy atom. The number of fused-ring (bicyclic) bond motifs is 1. The highest BCUT2D eigenvalue weighted by atomic mass is 32.1. The monoisotopic (exact) mass is 365 g/mol. The number of benzene rings is 3. The second-order valence-electron chi connectivity index (χ2n) is 5.43. The quantitative estimate of drug-likeness (QED) is 0.321. The molecule has 0 aliphatic heterocycles. The van der Waals surface area contributed by atoms with E-state index in [1.165, 1.54) is 18.3 Å². The lowest BCUT2D eigenvalue weighted by molar-refractivity contribution is 0.0697. The Balaban J connectivity index is 1.68. The molecule has 0 saturated heterocycles. The van der Waals surface area contributed by atoms with E-state index < -0.39 is 5.97 Å². The van der Waals surface area contributed by atoms with E-state index in [0.717, 1.165) is 10.8 Å². The molecule has 3 aromatic rings. The van der Waals surface area contributed by atoms with Crippen LogP contribution < -0.4 is 10.7 Å². The van der Waals surface area contributed by atoms with Gasteiger partial charge >= 0.3 is 5.97 Å². The summed E-state index contributed by atoms with van der Waals surface area (Å²) in [4.78, 5) is 10.8. The summed E-state index contributed by atoms with van der Waals surface area (Å²) in [7, 11) is 0. The van der Waals surface area contributed by atoms with Crippen LogP contribution in [0.2, 0.25) is 0 Å². The zero-order valence-corrected chi connectivity index (χ0v) is 14.3. The van der Waals surface area contributed by atoms with Gasteiger partial charge in [-0.1, -0.05) is 30.3 Å². The second kappa shape index (κ2) is 7.62. The fraction of sp³-hybridized carbons (Fsp3) is 0. The number of phenolic OH excluding ortho intramolecular Hbond substituents is 1. The second-order valence-corrected chi connectivity index (χ2v) is 5.83. The van der Waals surface area contributed by atoms with Gasteiger partial charge in [0.1, 0.15) is 5.75 Å². The lowest BCUT2D eigenvalue weighted by atomic mass is 10.0. The van der Waals surface area contributed by atoms with E-state index in [4.69, 9.17) is 17.3 Å². The van der Waals surface area contributed by atoms with Crippen molar-refractivity contribution in [2.75, 3.05) is 5.32 Å². The van der Waals surface area contributed by atoms with E-state index in [2.05, 4.69) is 15.8 Å². The highest BCUT2D eigenvalue weighted by Gasteiger charge is 2.05. The minimum atomic E-state index is -0.989. The molecule has 0 aliphatic carbocycles. The molecule has 0 aliphatic rings. The molecular formula is C19H15N3O3S. The fourth-order valence-electron chi connectivity index (χ4n) is 2.43. The van der Waals surface area contributed by atoms with Gasteiger partial charge in [-0.3, -0.25) is 5.43 Å². The van der Waals surface area contributed by atoms with Crippen molar-refractivity contribution >= 4 is 46.0 Å². The molecule has 0 bridgehead atoms. The number of carboxylic acids is 1. The largest absolute Gasteiger partial charge is 0.507 e. The number of aromatic hydroxyl groups is 1. The van der Waals surface area contributed by atoms with Crippen LogP contribution in [0.15, 0.2) is 65.8 Å². The molecule has 0 saturated carbocycles. The number of anilines is 1. The van der Waals surface area contributed by atoms with E-state index in [-0.39, 0.29) is 16.4 Å². The Hall–Kier alpha value is -3.45. The molecule has 130 valence electrons. The topological polar surface area (TPSA) is 94.0 Å². The van der Waals surface area contributed by atoms with E-state index in [1.54, 1.807) is 18.2 Å². The number of aromatic carboxylic acids is 1. The van der Waals surface area contributed by atoms with E-state index in [0.29, 0.717) is 11.3 Å². The predicted octanol–water partition coefficient (Wildman–Crippen LogP) is 3.56. The van der Waals surface area contributed by atoms with Gasteiger partial charge < -0.3 is 15.5 Å². The highest BCUT2D eigenvalue weighted by Crippen LogP contribution is 2.25. The number of hydrazone groups is 1. The maximum atomic E-state index is 10.8. The maximum Gasteiger partial charge on any atom is 0.335 e. The summed E-state index contributed by atoms with van der Waals surface area (Å²) in [5.74, 6) is -0.867.